The minimum atomic E-state index is -0.820. The monoisotopic (exact) mass is 357 g/mol. The molecular weight excluding hydrogens is 334 g/mol. The number of allylic oxidation sites excluding steroid dienone is 2. The van der Waals surface area contributed by atoms with Crippen molar-refractivity contribution in [1.82, 2.24) is 5.32 Å². The lowest BCUT2D eigenvalue weighted by Gasteiger charge is -2.36. The zero-order valence-corrected chi connectivity index (χ0v) is 15.2. The number of Topliss-reactive ketones (excluding diaryl/α,β-unsaturated/α-hetero) is 1. The predicted octanol–water partition coefficient (Wildman–Crippen LogP) is 2.34. The van der Waals surface area contributed by atoms with Crippen LogP contribution in [0, 0.1) is 11.8 Å². The Kier molecular flexibility index (Phi) is 5.11. The maximum atomic E-state index is 13.1. The molecule has 1 N–H and O–H groups in total. The van der Waals surface area contributed by atoms with E-state index >= 15 is 0 Å². The normalized spacial score (nSPS) is 25.4. The minimum absolute atomic E-state index is 0.112. The molecule has 0 fully saturated rings. The molecule has 1 aromatic rings. The number of hydrogen-bond donors (Lipinski definition) is 1. The minimum Gasteiger partial charge on any atom is -0.494 e. The maximum absolute atomic E-state index is 13.1. The summed E-state index contributed by atoms with van der Waals surface area (Å²) in [6.45, 7) is 4.30. The standard InChI is InChI=1S/C20H23NO5/c1-4-26-13-7-5-12(6-8-13)14-10-16(22)21-15-9-11(2)17(20(24)25-3)19(23)18(14)15/h5-8,11,14,17H,4,9-10H2,1-3H3,(H,21,22)/t11-,14-,17+/m1/s1. The maximum Gasteiger partial charge on any atom is 0.316 e. The van der Waals surface area contributed by atoms with Crippen molar-refractivity contribution in [2.24, 2.45) is 11.8 Å². The van der Waals surface area contributed by atoms with Crippen LogP contribution in [0.4, 0.5) is 0 Å². The first-order chi connectivity index (χ1) is 12.5. The Hall–Kier alpha value is -2.63. The Balaban J connectivity index is 2.00. The van der Waals surface area contributed by atoms with Crippen LogP contribution in [-0.2, 0) is 19.1 Å². The van der Waals surface area contributed by atoms with Crippen LogP contribution in [0.5, 0.6) is 5.75 Å². The van der Waals surface area contributed by atoms with Crippen LogP contribution in [0.3, 0.4) is 0 Å². The van der Waals surface area contributed by atoms with Gasteiger partial charge in [0.2, 0.25) is 5.91 Å². The third-order valence-corrected chi connectivity index (χ3v) is 5.05. The summed E-state index contributed by atoms with van der Waals surface area (Å²) in [5.74, 6) is -1.53. The molecule has 138 valence electrons. The highest BCUT2D eigenvalue weighted by atomic mass is 16.5. The van der Waals surface area contributed by atoms with E-state index < -0.39 is 11.9 Å². The average Bonchev–Trinajstić information content (AvgIpc) is 2.61. The van der Waals surface area contributed by atoms with E-state index in [2.05, 4.69) is 5.32 Å². The van der Waals surface area contributed by atoms with Crippen molar-refractivity contribution in [3.8, 4) is 5.75 Å². The molecule has 0 spiro atoms. The largest absolute Gasteiger partial charge is 0.494 e. The number of methoxy groups -OCH3 is 1. The number of nitrogens with one attached hydrogen (secondary N) is 1. The van der Waals surface area contributed by atoms with Crippen molar-refractivity contribution in [3.63, 3.8) is 0 Å². The Labute approximate surface area is 152 Å². The molecule has 0 aromatic heterocycles. The summed E-state index contributed by atoms with van der Waals surface area (Å²) in [5.41, 5.74) is 2.03. The smallest absolute Gasteiger partial charge is 0.316 e. The van der Waals surface area contributed by atoms with Crippen LogP contribution >= 0.6 is 0 Å². The molecule has 1 heterocycles. The highest BCUT2D eigenvalue weighted by Gasteiger charge is 2.45. The molecule has 6 nitrogen and oxygen atoms in total. The topological polar surface area (TPSA) is 81.7 Å². The molecular formula is C20H23NO5. The van der Waals surface area contributed by atoms with Gasteiger partial charge < -0.3 is 14.8 Å². The predicted molar refractivity (Wildman–Crippen MR) is 94.4 cm³/mol. The van der Waals surface area contributed by atoms with Crippen molar-refractivity contribution in [3.05, 3.63) is 41.1 Å². The van der Waals surface area contributed by atoms with Gasteiger partial charge in [-0.05, 0) is 37.0 Å². The number of ether oxygens (including phenoxy) is 2. The molecule has 26 heavy (non-hydrogen) atoms. The van der Waals surface area contributed by atoms with Crippen LogP contribution < -0.4 is 10.1 Å². The van der Waals surface area contributed by atoms with E-state index in [9.17, 15) is 14.4 Å². The number of rotatable bonds is 4. The average molecular weight is 357 g/mol. The first-order valence-corrected chi connectivity index (χ1v) is 8.84. The number of benzene rings is 1. The second-order valence-electron chi connectivity index (χ2n) is 6.75. The third-order valence-electron chi connectivity index (χ3n) is 5.05. The van der Waals surface area contributed by atoms with Gasteiger partial charge in [-0.1, -0.05) is 19.1 Å². The summed E-state index contributed by atoms with van der Waals surface area (Å²) < 4.78 is 10.3. The molecule has 6 heteroatoms. The first kappa shape index (κ1) is 18.2. The fraction of sp³-hybridized carbons (Fsp3) is 0.450. The summed E-state index contributed by atoms with van der Waals surface area (Å²) in [6.07, 6.45) is 0.654. The highest BCUT2D eigenvalue weighted by molar-refractivity contribution is 6.11. The molecule has 3 rings (SSSR count). The van der Waals surface area contributed by atoms with Crippen LogP contribution in [0.15, 0.2) is 35.5 Å². The molecule has 0 saturated heterocycles. The Bertz CT molecular complexity index is 765. The Morgan fingerprint density at radius 3 is 2.50 bits per heavy atom. The highest BCUT2D eigenvalue weighted by Crippen LogP contribution is 2.42. The van der Waals surface area contributed by atoms with Crippen LogP contribution in [0.2, 0.25) is 0 Å². The van der Waals surface area contributed by atoms with Crippen LogP contribution in [-0.4, -0.2) is 31.4 Å². The molecule has 1 aromatic carbocycles. The molecule has 1 aliphatic carbocycles. The van der Waals surface area contributed by atoms with E-state index in [0.29, 0.717) is 24.3 Å². The Morgan fingerprint density at radius 1 is 1.19 bits per heavy atom. The second-order valence-corrected chi connectivity index (χ2v) is 6.75. The molecule has 3 atom stereocenters. The van der Waals surface area contributed by atoms with Gasteiger partial charge in [-0.2, -0.15) is 0 Å². The zero-order valence-electron chi connectivity index (χ0n) is 15.2. The van der Waals surface area contributed by atoms with Gasteiger partial charge in [0.05, 0.1) is 13.7 Å². The van der Waals surface area contributed by atoms with E-state index in [0.717, 1.165) is 11.3 Å². The van der Waals surface area contributed by atoms with Gasteiger partial charge in [-0.25, -0.2) is 0 Å². The van der Waals surface area contributed by atoms with Gasteiger partial charge in [-0.3, -0.25) is 14.4 Å². The Morgan fingerprint density at radius 2 is 1.88 bits per heavy atom. The van der Waals surface area contributed by atoms with Crippen molar-refractivity contribution < 1.29 is 23.9 Å². The second kappa shape index (κ2) is 7.32. The fourth-order valence-electron chi connectivity index (χ4n) is 3.85. The van der Waals surface area contributed by atoms with Gasteiger partial charge in [0.25, 0.3) is 0 Å². The SMILES string of the molecule is CCOc1ccc([C@H]2CC(=O)NC3=C2C(=O)[C@@H](C(=O)OC)[C@H](C)C3)cc1. The number of amides is 1. The summed E-state index contributed by atoms with van der Waals surface area (Å²) in [5, 5.41) is 2.83. The van der Waals surface area contributed by atoms with Crippen molar-refractivity contribution in [2.45, 2.75) is 32.6 Å². The van der Waals surface area contributed by atoms with Crippen molar-refractivity contribution >= 4 is 17.7 Å². The van der Waals surface area contributed by atoms with Gasteiger partial charge >= 0.3 is 5.97 Å². The van der Waals surface area contributed by atoms with E-state index in [1.54, 1.807) is 0 Å². The van der Waals surface area contributed by atoms with Crippen LogP contribution in [0.1, 0.15) is 38.2 Å². The quantitative estimate of drug-likeness (QED) is 0.661. The summed E-state index contributed by atoms with van der Waals surface area (Å²) in [4.78, 5) is 37.4. The zero-order chi connectivity index (χ0) is 18.8. The molecule has 0 saturated carbocycles. The molecule has 0 radical (unpaired) electrons. The third kappa shape index (κ3) is 3.23. The van der Waals surface area contributed by atoms with E-state index in [1.807, 2.05) is 38.1 Å². The lowest BCUT2D eigenvalue weighted by Crippen LogP contribution is -2.44. The first-order valence-electron chi connectivity index (χ1n) is 8.84. The van der Waals surface area contributed by atoms with E-state index in [1.165, 1.54) is 7.11 Å². The number of ketones is 1. The van der Waals surface area contributed by atoms with E-state index in [-0.39, 0.29) is 29.9 Å². The molecule has 2 aliphatic rings. The molecule has 1 amide bonds. The number of carbonyl (C=O) groups excluding carboxylic acids is 3. The van der Waals surface area contributed by atoms with Crippen molar-refractivity contribution in [1.29, 1.82) is 0 Å². The summed E-state index contributed by atoms with van der Waals surface area (Å²) in [7, 11) is 1.29. The van der Waals surface area contributed by atoms with Gasteiger partial charge in [0.15, 0.2) is 5.78 Å². The van der Waals surface area contributed by atoms with Gasteiger partial charge in [0.1, 0.15) is 11.7 Å². The number of hydrogen-bond acceptors (Lipinski definition) is 5. The molecule has 0 bridgehead atoms. The lowest BCUT2D eigenvalue weighted by atomic mass is 9.70. The molecule has 0 unspecified atom stereocenters. The van der Waals surface area contributed by atoms with E-state index in [4.69, 9.17) is 9.47 Å². The number of esters is 1. The summed E-state index contributed by atoms with van der Waals surface area (Å²) in [6, 6.07) is 7.41. The molecule has 1 aliphatic heterocycles. The van der Waals surface area contributed by atoms with Crippen LogP contribution in [0.25, 0.3) is 0 Å². The fourth-order valence-corrected chi connectivity index (χ4v) is 3.85. The van der Waals surface area contributed by atoms with Gasteiger partial charge in [-0.15, -0.1) is 0 Å². The summed E-state index contributed by atoms with van der Waals surface area (Å²) >= 11 is 0. The number of carbonyl (C=O) groups is 3. The van der Waals surface area contributed by atoms with Gasteiger partial charge in [0, 0.05) is 23.6 Å². The van der Waals surface area contributed by atoms with Crippen molar-refractivity contribution in [2.75, 3.05) is 13.7 Å². The lowest BCUT2D eigenvalue weighted by molar-refractivity contribution is -0.151.